The van der Waals surface area contributed by atoms with Crippen LogP contribution in [0.4, 0.5) is 0 Å². The molecule has 1 saturated carbocycles. The third-order valence-electron chi connectivity index (χ3n) is 13.1. The number of nitrogens with one attached hydrogen (secondary N) is 1. The Morgan fingerprint density at radius 2 is 1.60 bits per heavy atom. The van der Waals surface area contributed by atoms with Gasteiger partial charge in [0.2, 0.25) is 5.79 Å². The van der Waals surface area contributed by atoms with Gasteiger partial charge in [-0.1, -0.05) is 51.5 Å². The van der Waals surface area contributed by atoms with E-state index in [0.29, 0.717) is 62.7 Å². The minimum Gasteiger partial charge on any atom is -0.456 e. The largest absolute Gasteiger partial charge is 0.456 e. The summed E-state index contributed by atoms with van der Waals surface area (Å²) in [4.78, 5) is 43.9. The SMILES string of the molecule is C=CCO.CC[C@@H]1/C=C(\C)C[C@H](C)C[C@H](OC)[C@H]2O[C@@](O)(C(=O)C(=O)N3CCCC[C@H]3C(=O)O[C@H](/C(C)=C/[C@@H]3CC[C@@H](O)[C@H](OC)C3)[C@H](C)[C@@H](O)CC1=N)[C@H](C)C[C@@H]2OC. The standard InChI is InChI=1S/C43H70N2O11.C3H6O/c1-10-30-18-24(2)17-25(3)19-36(53-8)39-37(54-9)21-27(5)43(51,56-39)40(48)41(49)45-16-12-11-13-32(45)42(50)55-38(28(6)34(47)23-31(30)44)26(4)20-29-14-15-33(46)35(22-29)52-7;1-2-3-4/h18,20,25,27-30,32-39,44,46-47,51H,10-17,19,21-23H2,1-9H3;2,4H,1,3H2/b24-18+,26-20+,44-31?;/t25-,27+,28+,29-,30+,32-,33+,34-,35+,36-,37-,38+,39+,43+;/m0./s1. The van der Waals surface area contributed by atoms with Gasteiger partial charge in [-0.3, -0.25) is 9.59 Å². The summed E-state index contributed by atoms with van der Waals surface area (Å²) >= 11 is 0. The minimum atomic E-state index is -2.49. The van der Waals surface area contributed by atoms with Gasteiger partial charge in [-0.25, -0.2) is 4.79 Å². The number of esters is 1. The summed E-state index contributed by atoms with van der Waals surface area (Å²) < 4.78 is 29.8. The molecule has 0 spiro atoms. The molecule has 2 bridgehead atoms. The molecule has 0 aromatic heterocycles. The number of carbonyl (C=O) groups excluding carboxylic acids is 3. The number of nitrogens with zero attached hydrogens (tertiary/aromatic N) is 1. The third-order valence-corrected chi connectivity index (χ3v) is 13.1. The van der Waals surface area contributed by atoms with Crippen molar-refractivity contribution in [2.24, 2.45) is 29.6 Å². The number of piperidine rings is 1. The van der Waals surface area contributed by atoms with Crippen LogP contribution in [0.25, 0.3) is 0 Å². The molecule has 14 nitrogen and oxygen atoms in total. The number of Topliss-reactive ketones (excluding diaryl/α,β-unsaturated/α-hetero) is 1. The minimum absolute atomic E-state index is 0.0256. The molecule has 1 aliphatic carbocycles. The number of allylic oxidation sites excluding steroid dienone is 3. The van der Waals surface area contributed by atoms with Gasteiger partial charge in [0.05, 0.1) is 37.1 Å². The molecule has 3 aliphatic heterocycles. The lowest BCUT2D eigenvalue weighted by Gasteiger charge is -2.47. The Hall–Kier alpha value is -2.82. The summed E-state index contributed by atoms with van der Waals surface area (Å²) in [6, 6.07) is -1.11. The normalized spacial score (nSPS) is 39.2. The monoisotopic (exact) mass is 849 g/mol. The summed E-state index contributed by atoms with van der Waals surface area (Å²) in [5, 5.41) is 51.0. The van der Waals surface area contributed by atoms with Crippen molar-refractivity contribution in [2.75, 3.05) is 34.5 Å². The summed E-state index contributed by atoms with van der Waals surface area (Å²) in [5.74, 6) is -6.92. The number of hydrogen-bond donors (Lipinski definition) is 5. The molecule has 0 aromatic rings. The van der Waals surface area contributed by atoms with Gasteiger partial charge < -0.3 is 54.4 Å². The number of carbonyl (C=O) groups is 3. The number of rotatable bonds is 7. The molecule has 14 heteroatoms. The Bertz CT molecular complexity index is 1500. The van der Waals surface area contributed by atoms with Crippen molar-refractivity contribution >= 4 is 23.4 Å². The predicted octanol–water partition coefficient (Wildman–Crippen LogP) is 5.09. The summed E-state index contributed by atoms with van der Waals surface area (Å²) in [6.07, 6.45) is 6.13. The van der Waals surface area contributed by atoms with Crippen LogP contribution in [0.5, 0.6) is 0 Å². The lowest BCUT2D eigenvalue weighted by molar-refractivity contribution is -0.302. The molecule has 4 aliphatic rings. The zero-order chi connectivity index (χ0) is 44.9. The molecule has 14 atom stereocenters. The van der Waals surface area contributed by atoms with Gasteiger partial charge in [-0.05, 0) is 95.5 Å². The van der Waals surface area contributed by atoms with Crippen molar-refractivity contribution < 1.29 is 58.5 Å². The average molecular weight is 849 g/mol. The summed E-state index contributed by atoms with van der Waals surface area (Å²) in [5.41, 5.74) is 2.16. The van der Waals surface area contributed by atoms with E-state index in [0.717, 1.165) is 5.57 Å². The van der Waals surface area contributed by atoms with E-state index in [9.17, 15) is 29.7 Å². The average Bonchev–Trinajstić information content (AvgIpc) is 3.23. The molecular formula is C46H76N2O12. The Kier molecular flexibility index (Phi) is 20.7. The van der Waals surface area contributed by atoms with E-state index in [-0.39, 0.29) is 56.3 Å². The number of cyclic esters (lactones) is 1. The van der Waals surface area contributed by atoms with Crippen molar-refractivity contribution in [2.45, 2.75) is 167 Å². The van der Waals surface area contributed by atoms with Crippen LogP contribution >= 0.6 is 0 Å². The van der Waals surface area contributed by atoms with Crippen LogP contribution in [-0.2, 0) is 38.1 Å². The van der Waals surface area contributed by atoms with Gasteiger partial charge in [0, 0.05) is 57.8 Å². The highest BCUT2D eigenvalue weighted by atomic mass is 16.7. The number of ether oxygens (including phenoxy) is 5. The molecule has 342 valence electrons. The molecule has 60 heavy (non-hydrogen) atoms. The van der Waals surface area contributed by atoms with Crippen molar-refractivity contribution in [1.82, 2.24) is 4.90 Å². The van der Waals surface area contributed by atoms with E-state index in [1.165, 1.54) is 11.0 Å². The fraction of sp³-hybridized carbons (Fsp3) is 0.783. The Morgan fingerprint density at radius 3 is 2.20 bits per heavy atom. The number of aliphatic hydroxyl groups excluding tert-OH is 3. The van der Waals surface area contributed by atoms with E-state index in [2.05, 4.69) is 19.6 Å². The van der Waals surface area contributed by atoms with Gasteiger partial charge in [0.1, 0.15) is 18.2 Å². The van der Waals surface area contributed by atoms with E-state index in [1.54, 1.807) is 35.2 Å². The second-order valence-corrected chi connectivity index (χ2v) is 17.7. The first-order chi connectivity index (χ1) is 28.4. The van der Waals surface area contributed by atoms with Crippen molar-refractivity contribution in [3.8, 4) is 0 Å². The van der Waals surface area contributed by atoms with Crippen LogP contribution in [0.2, 0.25) is 0 Å². The van der Waals surface area contributed by atoms with Gasteiger partial charge >= 0.3 is 5.97 Å². The molecule has 1 amide bonds. The number of ketones is 1. The number of hydrogen-bond acceptors (Lipinski definition) is 13. The van der Waals surface area contributed by atoms with E-state index < -0.39 is 77.9 Å². The second kappa shape index (κ2) is 24.1. The molecule has 3 fully saturated rings. The maximum atomic E-state index is 14.3. The molecule has 2 saturated heterocycles. The smallest absolute Gasteiger partial charge is 0.329 e. The summed E-state index contributed by atoms with van der Waals surface area (Å²) in [6.45, 7) is 14.8. The van der Waals surface area contributed by atoms with Crippen LogP contribution in [-0.4, -0.2) is 138 Å². The molecule has 0 radical (unpaired) electrons. The van der Waals surface area contributed by atoms with Crippen molar-refractivity contribution in [3.05, 3.63) is 36.0 Å². The number of methoxy groups -OCH3 is 3. The van der Waals surface area contributed by atoms with Gasteiger partial charge in [-0.15, -0.1) is 6.58 Å². The first-order valence-corrected chi connectivity index (χ1v) is 22.0. The molecular weight excluding hydrogens is 773 g/mol. The molecule has 5 N–H and O–H groups in total. The predicted molar refractivity (Wildman–Crippen MR) is 228 cm³/mol. The number of amides is 1. The Balaban J connectivity index is 0.00000229. The third kappa shape index (κ3) is 13.1. The Labute approximate surface area is 358 Å². The van der Waals surface area contributed by atoms with Crippen molar-refractivity contribution in [3.63, 3.8) is 0 Å². The quantitative estimate of drug-likeness (QED) is 0.129. The van der Waals surface area contributed by atoms with Gasteiger partial charge in [0.15, 0.2) is 0 Å². The summed E-state index contributed by atoms with van der Waals surface area (Å²) in [7, 11) is 4.67. The topological polar surface area (TPSA) is 205 Å². The second-order valence-electron chi connectivity index (χ2n) is 17.7. The lowest BCUT2D eigenvalue weighted by Crippen LogP contribution is -2.64. The van der Waals surface area contributed by atoms with Crippen LogP contribution in [0.15, 0.2) is 36.0 Å². The first kappa shape index (κ1) is 51.5. The highest BCUT2D eigenvalue weighted by Crippen LogP contribution is 2.39. The fourth-order valence-corrected chi connectivity index (χ4v) is 9.44. The van der Waals surface area contributed by atoms with Crippen LogP contribution in [0, 0.1) is 35.0 Å². The maximum absolute atomic E-state index is 14.3. The number of aliphatic hydroxyl groups is 4. The molecule has 3 heterocycles. The number of fused-ring (bicyclic) bond motifs is 3. The molecule has 0 unspecified atom stereocenters. The molecule has 4 rings (SSSR count). The van der Waals surface area contributed by atoms with E-state index in [1.807, 2.05) is 26.8 Å². The van der Waals surface area contributed by atoms with Gasteiger partial charge in [0.25, 0.3) is 11.7 Å². The van der Waals surface area contributed by atoms with E-state index >= 15 is 0 Å². The highest BCUT2D eigenvalue weighted by molar-refractivity contribution is 6.39. The van der Waals surface area contributed by atoms with Crippen molar-refractivity contribution in [1.29, 1.82) is 5.41 Å². The zero-order valence-electron chi connectivity index (χ0n) is 37.6. The van der Waals surface area contributed by atoms with Crippen LogP contribution in [0.3, 0.4) is 0 Å². The molecule has 0 aromatic carbocycles. The van der Waals surface area contributed by atoms with E-state index in [4.69, 9.17) is 34.2 Å². The van der Waals surface area contributed by atoms with Crippen LogP contribution < -0.4 is 0 Å². The lowest BCUT2D eigenvalue weighted by atomic mass is 9.81. The Morgan fingerprint density at radius 1 is 0.967 bits per heavy atom. The van der Waals surface area contributed by atoms with Crippen LogP contribution in [0.1, 0.15) is 112 Å². The zero-order valence-corrected chi connectivity index (χ0v) is 37.6. The highest BCUT2D eigenvalue weighted by Gasteiger charge is 2.56. The maximum Gasteiger partial charge on any atom is 0.329 e. The first-order valence-electron chi connectivity index (χ1n) is 22.0. The van der Waals surface area contributed by atoms with Gasteiger partial charge in [-0.2, -0.15) is 0 Å². The fourth-order valence-electron chi connectivity index (χ4n) is 9.44.